The minimum atomic E-state index is -3.61. The van der Waals surface area contributed by atoms with Gasteiger partial charge in [-0.05, 0) is 18.6 Å². The number of sulfonamides is 1. The Morgan fingerprint density at radius 3 is 2.67 bits per heavy atom. The molecule has 1 aromatic carbocycles. The number of hydrogen-bond donors (Lipinski definition) is 1. The summed E-state index contributed by atoms with van der Waals surface area (Å²) in [5.74, 6) is -0.179. The molecule has 0 spiro atoms. The van der Waals surface area contributed by atoms with Crippen molar-refractivity contribution in [2.24, 2.45) is 0 Å². The molecule has 1 aliphatic rings. The van der Waals surface area contributed by atoms with Gasteiger partial charge in [0.05, 0.1) is 23.1 Å². The standard InChI is InChI=1S/C15H17ClN4O3S/c16-13-5-2-1-4-12(13)15(21)19-6-3-7-20(9-8-19)24(22,23)14-10-17-11-18-14/h1-2,4-5,10-11H,3,6-9H2,(H,17,18). The predicted octanol–water partition coefficient (Wildman–Crippen LogP) is 1.60. The van der Waals surface area contributed by atoms with Gasteiger partial charge in [-0.1, -0.05) is 23.7 Å². The van der Waals surface area contributed by atoms with Gasteiger partial charge in [-0.15, -0.1) is 0 Å². The van der Waals surface area contributed by atoms with Gasteiger partial charge in [0.2, 0.25) is 0 Å². The third-order valence-corrected chi connectivity index (χ3v) is 6.09. The Kier molecular flexibility index (Phi) is 4.88. The number of hydrogen-bond acceptors (Lipinski definition) is 4. The van der Waals surface area contributed by atoms with Crippen molar-refractivity contribution in [3.05, 3.63) is 47.4 Å². The number of imidazole rings is 1. The van der Waals surface area contributed by atoms with Gasteiger partial charge in [0.25, 0.3) is 15.9 Å². The van der Waals surface area contributed by atoms with Crippen LogP contribution in [0.25, 0.3) is 0 Å². The molecule has 3 rings (SSSR count). The number of aromatic nitrogens is 2. The van der Waals surface area contributed by atoms with Crippen molar-refractivity contribution in [1.82, 2.24) is 19.2 Å². The summed E-state index contributed by atoms with van der Waals surface area (Å²) in [7, 11) is -3.61. The van der Waals surface area contributed by atoms with Crippen LogP contribution in [-0.4, -0.2) is 59.7 Å². The Morgan fingerprint density at radius 2 is 1.96 bits per heavy atom. The van der Waals surface area contributed by atoms with Crippen LogP contribution in [0, 0.1) is 0 Å². The Balaban J connectivity index is 1.74. The highest BCUT2D eigenvalue weighted by atomic mass is 35.5. The fourth-order valence-electron chi connectivity index (χ4n) is 2.67. The summed E-state index contributed by atoms with van der Waals surface area (Å²) in [5.41, 5.74) is 0.434. The first-order valence-corrected chi connectivity index (χ1v) is 9.34. The molecule has 128 valence electrons. The summed E-state index contributed by atoms with van der Waals surface area (Å²) in [6.07, 6.45) is 3.17. The maximum atomic E-state index is 12.6. The molecule has 0 bridgehead atoms. The van der Waals surface area contributed by atoms with E-state index in [0.717, 1.165) is 0 Å². The van der Waals surface area contributed by atoms with Gasteiger partial charge in [0.15, 0.2) is 5.03 Å². The molecule has 1 fully saturated rings. The van der Waals surface area contributed by atoms with Crippen molar-refractivity contribution in [3.8, 4) is 0 Å². The SMILES string of the molecule is O=C(c1ccccc1Cl)N1CCCN(S(=O)(=O)c2cnc[nH]2)CC1. The van der Waals surface area contributed by atoms with Crippen LogP contribution in [0.2, 0.25) is 5.02 Å². The smallest absolute Gasteiger partial charge is 0.260 e. The first-order valence-electron chi connectivity index (χ1n) is 7.52. The summed E-state index contributed by atoms with van der Waals surface area (Å²) < 4.78 is 26.4. The zero-order chi connectivity index (χ0) is 17.2. The number of carbonyl (C=O) groups excluding carboxylic acids is 1. The van der Waals surface area contributed by atoms with Gasteiger partial charge in [-0.25, -0.2) is 13.4 Å². The number of nitrogens with zero attached hydrogens (tertiary/aromatic N) is 3. The second-order valence-electron chi connectivity index (χ2n) is 5.45. The van der Waals surface area contributed by atoms with E-state index in [9.17, 15) is 13.2 Å². The molecule has 0 atom stereocenters. The van der Waals surface area contributed by atoms with Gasteiger partial charge in [-0.2, -0.15) is 4.31 Å². The average Bonchev–Trinajstić information content (AvgIpc) is 3.00. The van der Waals surface area contributed by atoms with Crippen LogP contribution in [0.5, 0.6) is 0 Å². The molecular formula is C15H17ClN4O3S. The van der Waals surface area contributed by atoms with E-state index in [1.807, 2.05) is 0 Å². The van der Waals surface area contributed by atoms with E-state index >= 15 is 0 Å². The van der Waals surface area contributed by atoms with Gasteiger partial charge < -0.3 is 9.88 Å². The van der Waals surface area contributed by atoms with Gasteiger partial charge in [-0.3, -0.25) is 4.79 Å². The summed E-state index contributed by atoms with van der Waals surface area (Å²) in [4.78, 5) is 20.6. The van der Waals surface area contributed by atoms with Crippen molar-refractivity contribution >= 4 is 27.5 Å². The molecule has 0 radical (unpaired) electrons. The topological polar surface area (TPSA) is 86.4 Å². The fraction of sp³-hybridized carbons (Fsp3) is 0.333. The highest BCUT2D eigenvalue weighted by Crippen LogP contribution is 2.20. The third-order valence-electron chi connectivity index (χ3n) is 3.94. The summed E-state index contributed by atoms with van der Waals surface area (Å²) >= 11 is 6.08. The van der Waals surface area contributed by atoms with Crippen molar-refractivity contribution in [2.45, 2.75) is 11.4 Å². The van der Waals surface area contributed by atoms with E-state index in [1.165, 1.54) is 16.8 Å². The molecular weight excluding hydrogens is 352 g/mol. The minimum Gasteiger partial charge on any atom is -0.337 e. The Bertz CT molecular complexity index is 823. The number of aromatic amines is 1. The average molecular weight is 369 g/mol. The molecule has 1 aliphatic heterocycles. The van der Waals surface area contributed by atoms with Crippen LogP contribution < -0.4 is 0 Å². The van der Waals surface area contributed by atoms with Gasteiger partial charge in [0, 0.05) is 26.2 Å². The molecule has 24 heavy (non-hydrogen) atoms. The molecule has 2 heterocycles. The number of carbonyl (C=O) groups is 1. The molecule has 0 saturated carbocycles. The highest BCUT2D eigenvalue weighted by molar-refractivity contribution is 7.89. The molecule has 9 heteroatoms. The molecule has 0 aliphatic carbocycles. The van der Waals surface area contributed by atoms with Crippen LogP contribution in [-0.2, 0) is 10.0 Å². The summed E-state index contributed by atoms with van der Waals surface area (Å²) in [6.45, 7) is 1.39. The predicted molar refractivity (Wildman–Crippen MR) is 89.3 cm³/mol. The van der Waals surface area contributed by atoms with E-state index in [-0.39, 0.29) is 17.5 Å². The van der Waals surface area contributed by atoms with Gasteiger partial charge >= 0.3 is 0 Å². The number of H-pyrrole nitrogens is 1. The normalized spacial score (nSPS) is 16.8. The Morgan fingerprint density at radius 1 is 1.17 bits per heavy atom. The van der Waals surface area contributed by atoms with Crippen LogP contribution in [0.15, 0.2) is 41.8 Å². The lowest BCUT2D eigenvalue weighted by Crippen LogP contribution is -2.37. The lowest BCUT2D eigenvalue weighted by molar-refractivity contribution is 0.0764. The van der Waals surface area contributed by atoms with E-state index in [2.05, 4.69) is 9.97 Å². The Hall–Kier alpha value is -1.90. The van der Waals surface area contributed by atoms with Crippen molar-refractivity contribution in [2.75, 3.05) is 26.2 Å². The molecule has 1 N–H and O–H groups in total. The quantitative estimate of drug-likeness (QED) is 0.891. The lowest BCUT2D eigenvalue weighted by atomic mass is 10.2. The molecule has 1 saturated heterocycles. The fourth-order valence-corrected chi connectivity index (χ4v) is 4.25. The van der Waals surface area contributed by atoms with Crippen LogP contribution in [0.1, 0.15) is 16.8 Å². The summed E-state index contributed by atoms with van der Waals surface area (Å²) in [5, 5.41) is 0.460. The number of benzene rings is 1. The van der Waals surface area contributed by atoms with Crippen molar-refractivity contribution in [1.29, 1.82) is 0 Å². The number of halogens is 1. The number of nitrogens with one attached hydrogen (secondary N) is 1. The molecule has 0 unspecified atom stereocenters. The maximum absolute atomic E-state index is 12.6. The number of rotatable bonds is 3. The van der Waals surface area contributed by atoms with E-state index in [0.29, 0.717) is 36.6 Å². The highest BCUT2D eigenvalue weighted by Gasteiger charge is 2.29. The molecule has 1 aromatic heterocycles. The zero-order valence-corrected chi connectivity index (χ0v) is 14.4. The monoisotopic (exact) mass is 368 g/mol. The van der Waals surface area contributed by atoms with Crippen LogP contribution in [0.3, 0.4) is 0 Å². The second kappa shape index (κ2) is 6.92. The second-order valence-corrected chi connectivity index (χ2v) is 7.76. The third kappa shape index (κ3) is 3.31. The van der Waals surface area contributed by atoms with Crippen LogP contribution in [0.4, 0.5) is 0 Å². The molecule has 7 nitrogen and oxygen atoms in total. The number of amides is 1. The molecule has 2 aromatic rings. The lowest BCUT2D eigenvalue weighted by Gasteiger charge is -2.22. The van der Waals surface area contributed by atoms with E-state index in [1.54, 1.807) is 29.2 Å². The van der Waals surface area contributed by atoms with E-state index in [4.69, 9.17) is 11.6 Å². The van der Waals surface area contributed by atoms with Crippen LogP contribution >= 0.6 is 11.6 Å². The first-order chi connectivity index (χ1) is 11.5. The maximum Gasteiger partial charge on any atom is 0.260 e. The van der Waals surface area contributed by atoms with Crippen molar-refractivity contribution in [3.63, 3.8) is 0 Å². The zero-order valence-electron chi connectivity index (χ0n) is 12.9. The minimum absolute atomic E-state index is 0.0633. The molecule has 1 amide bonds. The van der Waals surface area contributed by atoms with Gasteiger partial charge in [0.1, 0.15) is 0 Å². The van der Waals surface area contributed by atoms with Crippen molar-refractivity contribution < 1.29 is 13.2 Å². The van der Waals surface area contributed by atoms with E-state index < -0.39 is 10.0 Å². The first kappa shape index (κ1) is 16.9. The largest absolute Gasteiger partial charge is 0.337 e. The Labute approximate surface area is 145 Å². The summed E-state index contributed by atoms with van der Waals surface area (Å²) in [6, 6.07) is 6.86.